The van der Waals surface area contributed by atoms with E-state index in [1.54, 1.807) is 30.3 Å². The minimum absolute atomic E-state index is 0.0351. The van der Waals surface area contributed by atoms with Gasteiger partial charge in [0.15, 0.2) is 11.6 Å². The van der Waals surface area contributed by atoms with E-state index in [9.17, 15) is 8.42 Å². The maximum absolute atomic E-state index is 13.9. The second-order valence-electron chi connectivity index (χ2n) is 12.7. The van der Waals surface area contributed by atoms with E-state index in [-0.39, 0.29) is 39.3 Å². The fourth-order valence-electron chi connectivity index (χ4n) is 5.31. The van der Waals surface area contributed by atoms with Gasteiger partial charge in [-0.3, -0.25) is 4.72 Å². The first kappa shape index (κ1) is 35.0. The van der Waals surface area contributed by atoms with E-state index in [0.717, 1.165) is 16.7 Å². The maximum Gasteiger partial charge on any atom is 0.263 e. The molecule has 10 nitrogen and oxygen atoms in total. The number of nitrogens with zero attached hydrogens (tertiary/aromatic N) is 3. The number of morpholine rings is 1. The van der Waals surface area contributed by atoms with Crippen molar-refractivity contribution in [2.24, 2.45) is 0 Å². The highest BCUT2D eigenvalue weighted by Crippen LogP contribution is 2.39. The summed E-state index contributed by atoms with van der Waals surface area (Å²) in [7, 11) is -2.61. The van der Waals surface area contributed by atoms with Crippen LogP contribution < -0.4 is 23.8 Å². The van der Waals surface area contributed by atoms with E-state index in [0.29, 0.717) is 49.4 Å². The summed E-state index contributed by atoms with van der Waals surface area (Å²) in [6, 6.07) is 29.4. The molecule has 50 heavy (non-hydrogen) atoms. The number of hydrogen-bond acceptors (Lipinski definition) is 9. The van der Waals surface area contributed by atoms with Crippen LogP contribution >= 0.6 is 11.6 Å². The Bertz CT molecular complexity index is 2030. The molecule has 0 aliphatic carbocycles. The van der Waals surface area contributed by atoms with Crippen molar-refractivity contribution in [3.8, 4) is 34.1 Å². The van der Waals surface area contributed by atoms with Crippen molar-refractivity contribution >= 4 is 33.4 Å². The second kappa shape index (κ2) is 15.0. The molecule has 12 heteroatoms. The Hall–Kier alpha value is -4.84. The summed E-state index contributed by atoms with van der Waals surface area (Å²) in [5.74, 6) is 1.56. The van der Waals surface area contributed by atoms with E-state index < -0.39 is 10.0 Å². The Balaban J connectivity index is 1.41. The molecule has 1 aliphatic heterocycles. The largest absolute Gasteiger partial charge is 0.497 e. The van der Waals surface area contributed by atoms with Crippen LogP contribution in [0.2, 0.25) is 5.02 Å². The summed E-state index contributed by atoms with van der Waals surface area (Å²) >= 11 is 6.57. The molecule has 1 N–H and O–H groups in total. The fourth-order valence-corrected chi connectivity index (χ4v) is 6.47. The summed E-state index contributed by atoms with van der Waals surface area (Å²) < 4.78 is 54.1. The first-order valence-corrected chi connectivity index (χ1v) is 18.0. The number of benzene rings is 4. The maximum atomic E-state index is 13.9. The molecule has 1 aromatic heterocycles. The SMILES string of the molecule is COc1ccc(Cl)c(Oc2c(COc3ccc(-c4ccccc4)cc3)nc(N3CCOCC3)nc2NS(=O)(=O)c2ccc(C(C)(C)C)cc2)c1. The number of hydrogen-bond donors (Lipinski definition) is 1. The first-order valence-electron chi connectivity index (χ1n) is 16.2. The molecule has 2 heterocycles. The number of halogens is 1. The third-order valence-electron chi connectivity index (χ3n) is 8.17. The van der Waals surface area contributed by atoms with Crippen molar-refractivity contribution in [2.45, 2.75) is 37.7 Å². The van der Waals surface area contributed by atoms with Crippen LogP contribution in [0.1, 0.15) is 32.0 Å². The number of methoxy groups -OCH3 is 1. The van der Waals surface area contributed by atoms with Gasteiger partial charge in [0.1, 0.15) is 29.5 Å². The Morgan fingerprint density at radius 3 is 2.18 bits per heavy atom. The van der Waals surface area contributed by atoms with Gasteiger partial charge in [0.2, 0.25) is 5.95 Å². The molecule has 1 aliphatic rings. The van der Waals surface area contributed by atoms with E-state index in [2.05, 4.69) is 25.5 Å². The van der Waals surface area contributed by atoms with Gasteiger partial charge in [-0.1, -0.05) is 87.0 Å². The lowest BCUT2D eigenvalue weighted by atomic mass is 9.87. The lowest BCUT2D eigenvalue weighted by molar-refractivity contribution is 0.122. The van der Waals surface area contributed by atoms with Crippen molar-refractivity contribution in [2.75, 3.05) is 43.0 Å². The van der Waals surface area contributed by atoms with Crippen LogP contribution in [0.15, 0.2) is 102 Å². The lowest BCUT2D eigenvalue weighted by Crippen LogP contribution is -2.37. The van der Waals surface area contributed by atoms with Gasteiger partial charge in [-0.2, -0.15) is 4.98 Å². The van der Waals surface area contributed by atoms with Crippen LogP contribution in [0.5, 0.6) is 23.0 Å². The van der Waals surface area contributed by atoms with Gasteiger partial charge in [0.05, 0.1) is 30.2 Å². The zero-order chi connectivity index (χ0) is 35.3. The molecule has 5 aromatic rings. The van der Waals surface area contributed by atoms with Crippen molar-refractivity contribution in [1.29, 1.82) is 0 Å². The zero-order valence-electron chi connectivity index (χ0n) is 28.4. The average molecular weight is 715 g/mol. The summed E-state index contributed by atoms with van der Waals surface area (Å²) in [6.45, 7) is 8.11. The van der Waals surface area contributed by atoms with Gasteiger partial charge >= 0.3 is 0 Å². The van der Waals surface area contributed by atoms with E-state index >= 15 is 0 Å². The number of aromatic nitrogens is 2. The number of nitrogens with one attached hydrogen (secondary N) is 1. The highest BCUT2D eigenvalue weighted by molar-refractivity contribution is 7.92. The highest BCUT2D eigenvalue weighted by atomic mass is 35.5. The number of rotatable bonds is 11. The molecular weight excluding hydrogens is 676 g/mol. The van der Waals surface area contributed by atoms with E-state index in [1.807, 2.05) is 71.6 Å². The van der Waals surface area contributed by atoms with Crippen LogP contribution in [0.3, 0.4) is 0 Å². The van der Waals surface area contributed by atoms with E-state index in [1.165, 1.54) is 7.11 Å². The predicted octanol–water partition coefficient (Wildman–Crippen LogP) is 8.11. The summed E-state index contributed by atoms with van der Waals surface area (Å²) in [5.41, 5.74) is 3.28. The van der Waals surface area contributed by atoms with Crippen molar-refractivity contribution in [3.63, 3.8) is 0 Å². The molecule has 0 atom stereocenters. The molecule has 0 amide bonds. The molecule has 1 saturated heterocycles. The van der Waals surface area contributed by atoms with Gasteiger partial charge in [-0.15, -0.1) is 0 Å². The van der Waals surface area contributed by atoms with Crippen molar-refractivity contribution < 1.29 is 27.4 Å². The van der Waals surface area contributed by atoms with Crippen LogP contribution in [0.4, 0.5) is 11.8 Å². The Morgan fingerprint density at radius 2 is 1.52 bits per heavy atom. The monoisotopic (exact) mass is 714 g/mol. The fraction of sp³-hybridized carbons (Fsp3) is 0.263. The first-order chi connectivity index (χ1) is 24.0. The third kappa shape index (κ3) is 8.30. The topological polar surface area (TPSA) is 112 Å². The smallest absolute Gasteiger partial charge is 0.263 e. The van der Waals surface area contributed by atoms with Gasteiger partial charge < -0.3 is 23.8 Å². The van der Waals surface area contributed by atoms with Crippen molar-refractivity contribution in [1.82, 2.24) is 9.97 Å². The molecule has 1 fully saturated rings. The van der Waals surface area contributed by atoms with Gasteiger partial charge in [-0.25, -0.2) is 13.4 Å². The van der Waals surface area contributed by atoms with E-state index in [4.69, 9.17) is 40.5 Å². The molecule has 0 bridgehead atoms. The molecule has 260 valence electrons. The van der Waals surface area contributed by atoms with Crippen LogP contribution in [0.25, 0.3) is 11.1 Å². The summed E-state index contributed by atoms with van der Waals surface area (Å²) in [5, 5.41) is 0.276. The molecular formula is C38H39ClN4O6S. The lowest BCUT2D eigenvalue weighted by Gasteiger charge is -2.28. The average Bonchev–Trinajstić information content (AvgIpc) is 3.13. The Labute approximate surface area is 298 Å². The Morgan fingerprint density at radius 1 is 0.860 bits per heavy atom. The van der Waals surface area contributed by atoms with Gasteiger partial charge in [0.25, 0.3) is 10.0 Å². The molecule has 0 saturated carbocycles. The molecule has 6 rings (SSSR count). The third-order valence-corrected chi connectivity index (χ3v) is 9.83. The highest BCUT2D eigenvalue weighted by Gasteiger charge is 2.27. The number of sulfonamides is 1. The Kier molecular flexibility index (Phi) is 10.5. The number of anilines is 2. The van der Waals surface area contributed by atoms with Crippen molar-refractivity contribution in [3.05, 3.63) is 113 Å². The number of ether oxygens (including phenoxy) is 4. The normalized spacial score (nSPS) is 13.5. The molecule has 0 spiro atoms. The van der Waals surface area contributed by atoms with Crippen LogP contribution in [0, 0.1) is 0 Å². The zero-order valence-corrected chi connectivity index (χ0v) is 29.9. The molecule has 0 radical (unpaired) electrons. The second-order valence-corrected chi connectivity index (χ2v) is 14.8. The molecule has 0 unspecified atom stereocenters. The summed E-state index contributed by atoms with van der Waals surface area (Å²) in [4.78, 5) is 11.6. The minimum atomic E-state index is -4.14. The van der Waals surface area contributed by atoms with Gasteiger partial charge in [0, 0.05) is 19.2 Å². The standard InChI is InChI=1S/C38H39ClN4O6S/c1-38(2,3)28-12-17-31(18-13-28)50(44,45)42-36-35(49-34-24-30(46-4)16-19-32(34)39)33(40-37(41-36)43-20-22-47-23-21-43)25-48-29-14-10-27(11-15-29)26-8-6-5-7-9-26/h5-19,24H,20-23,25H2,1-4H3,(H,40,41,42). The predicted molar refractivity (Wildman–Crippen MR) is 195 cm³/mol. The quantitative estimate of drug-likeness (QED) is 0.145. The molecule has 4 aromatic carbocycles. The summed E-state index contributed by atoms with van der Waals surface area (Å²) in [6.07, 6.45) is 0. The van der Waals surface area contributed by atoms with Gasteiger partial charge in [-0.05, 0) is 58.5 Å². The minimum Gasteiger partial charge on any atom is -0.497 e. The van der Waals surface area contributed by atoms with Crippen LogP contribution in [-0.2, 0) is 26.8 Å². The van der Waals surface area contributed by atoms with Crippen LogP contribution in [-0.4, -0.2) is 51.8 Å².